The van der Waals surface area contributed by atoms with Crippen LogP contribution in [-0.2, 0) is 11.2 Å². The minimum Gasteiger partial charge on any atom is -0.352 e. The average molecular weight is 339 g/mol. The van der Waals surface area contributed by atoms with E-state index in [0.717, 1.165) is 15.2 Å². The fourth-order valence-electron chi connectivity index (χ4n) is 2.32. The monoisotopic (exact) mass is 339 g/mol. The van der Waals surface area contributed by atoms with Crippen molar-refractivity contribution in [1.82, 2.24) is 10.3 Å². The molecule has 1 heterocycles. The van der Waals surface area contributed by atoms with E-state index in [1.54, 1.807) is 35.6 Å². The van der Waals surface area contributed by atoms with Gasteiger partial charge in [-0.3, -0.25) is 9.59 Å². The van der Waals surface area contributed by atoms with Gasteiger partial charge in [-0.15, -0.1) is 11.3 Å². The summed E-state index contributed by atoms with van der Waals surface area (Å²) in [6.45, 7) is 1.98. The van der Waals surface area contributed by atoms with Crippen LogP contribution >= 0.6 is 11.3 Å². The number of aromatic nitrogens is 1. The van der Waals surface area contributed by atoms with Crippen molar-refractivity contribution in [3.63, 3.8) is 0 Å². The van der Waals surface area contributed by atoms with Gasteiger partial charge in [0.1, 0.15) is 0 Å². The molecule has 0 spiro atoms. The number of fused-ring (bicyclic) bond motifs is 1. The van der Waals surface area contributed by atoms with Crippen molar-refractivity contribution >= 4 is 39.1 Å². The third-order valence-corrected chi connectivity index (χ3v) is 4.53. The standard InChI is InChI=1S/C18H17N3O2S/c1-12(22)20-14-8-6-13(7-9-14)18(23)19-11-10-17-21-15-4-2-3-5-16(15)24-17/h2-9H,10-11H2,1H3,(H,19,23)(H,20,22). The molecular formula is C18H17N3O2S. The van der Waals surface area contributed by atoms with Gasteiger partial charge in [-0.25, -0.2) is 4.98 Å². The molecule has 0 radical (unpaired) electrons. The zero-order chi connectivity index (χ0) is 16.9. The maximum atomic E-state index is 12.1. The molecule has 5 nitrogen and oxygen atoms in total. The maximum Gasteiger partial charge on any atom is 0.251 e. The lowest BCUT2D eigenvalue weighted by atomic mass is 10.2. The number of hydrogen-bond donors (Lipinski definition) is 2. The van der Waals surface area contributed by atoms with Crippen molar-refractivity contribution in [1.29, 1.82) is 0 Å². The Morgan fingerprint density at radius 1 is 1.08 bits per heavy atom. The van der Waals surface area contributed by atoms with E-state index >= 15 is 0 Å². The van der Waals surface area contributed by atoms with Gasteiger partial charge in [0.2, 0.25) is 5.91 Å². The highest BCUT2D eigenvalue weighted by atomic mass is 32.1. The van der Waals surface area contributed by atoms with Gasteiger partial charge in [0.25, 0.3) is 5.91 Å². The fraction of sp³-hybridized carbons (Fsp3) is 0.167. The minimum atomic E-state index is -0.136. The summed E-state index contributed by atoms with van der Waals surface area (Å²) in [5.41, 5.74) is 2.24. The lowest BCUT2D eigenvalue weighted by Gasteiger charge is -2.06. The fourth-order valence-corrected chi connectivity index (χ4v) is 3.29. The number of amides is 2. The molecule has 3 rings (SSSR count). The molecule has 0 atom stereocenters. The summed E-state index contributed by atoms with van der Waals surface area (Å²) < 4.78 is 1.16. The molecule has 2 N–H and O–H groups in total. The number of carbonyl (C=O) groups is 2. The summed E-state index contributed by atoms with van der Waals surface area (Å²) in [5.74, 6) is -0.270. The van der Waals surface area contributed by atoms with E-state index in [4.69, 9.17) is 0 Å². The molecule has 24 heavy (non-hydrogen) atoms. The van der Waals surface area contributed by atoms with Crippen LogP contribution in [0.2, 0.25) is 0 Å². The number of para-hydroxylation sites is 1. The summed E-state index contributed by atoms with van der Waals surface area (Å²) in [7, 11) is 0. The van der Waals surface area contributed by atoms with Gasteiger partial charge in [-0.1, -0.05) is 12.1 Å². The number of nitrogens with one attached hydrogen (secondary N) is 2. The molecule has 0 saturated heterocycles. The van der Waals surface area contributed by atoms with Crippen LogP contribution in [0.3, 0.4) is 0 Å². The first kappa shape index (κ1) is 16.1. The van der Waals surface area contributed by atoms with Crippen LogP contribution in [0.5, 0.6) is 0 Å². The van der Waals surface area contributed by atoms with Crippen molar-refractivity contribution in [2.75, 3.05) is 11.9 Å². The van der Waals surface area contributed by atoms with Crippen molar-refractivity contribution in [2.45, 2.75) is 13.3 Å². The summed E-state index contributed by atoms with van der Waals surface area (Å²) in [6.07, 6.45) is 0.703. The van der Waals surface area contributed by atoms with Crippen molar-refractivity contribution in [3.05, 3.63) is 59.1 Å². The number of hydrogen-bond acceptors (Lipinski definition) is 4. The van der Waals surface area contributed by atoms with Gasteiger partial charge in [0, 0.05) is 31.1 Å². The Morgan fingerprint density at radius 2 is 1.83 bits per heavy atom. The Kier molecular flexibility index (Phi) is 4.86. The molecule has 0 aliphatic rings. The second-order valence-electron chi connectivity index (χ2n) is 5.34. The number of carbonyl (C=O) groups excluding carboxylic acids is 2. The zero-order valence-electron chi connectivity index (χ0n) is 13.2. The van der Waals surface area contributed by atoms with Crippen LogP contribution in [0.15, 0.2) is 48.5 Å². The van der Waals surface area contributed by atoms with E-state index in [1.165, 1.54) is 6.92 Å². The molecule has 3 aromatic rings. The molecular weight excluding hydrogens is 322 g/mol. The van der Waals surface area contributed by atoms with Gasteiger partial charge in [-0.05, 0) is 36.4 Å². The SMILES string of the molecule is CC(=O)Nc1ccc(C(=O)NCCc2nc3ccccc3s2)cc1. The summed E-state index contributed by atoms with van der Waals surface area (Å²) in [6, 6.07) is 14.8. The minimum absolute atomic E-state index is 0.134. The second-order valence-corrected chi connectivity index (χ2v) is 6.45. The van der Waals surface area contributed by atoms with Crippen LogP contribution in [0.1, 0.15) is 22.3 Å². The number of thiazole rings is 1. The molecule has 6 heteroatoms. The molecule has 0 aliphatic carbocycles. The number of nitrogens with zero attached hydrogens (tertiary/aromatic N) is 1. The molecule has 2 aromatic carbocycles. The number of anilines is 1. The van der Waals surface area contributed by atoms with Crippen LogP contribution in [0, 0.1) is 0 Å². The summed E-state index contributed by atoms with van der Waals surface area (Å²) in [5, 5.41) is 6.57. The summed E-state index contributed by atoms with van der Waals surface area (Å²) >= 11 is 1.65. The lowest BCUT2D eigenvalue weighted by Crippen LogP contribution is -2.25. The first-order chi connectivity index (χ1) is 11.6. The van der Waals surface area contributed by atoms with E-state index < -0.39 is 0 Å². The molecule has 0 fully saturated rings. The van der Waals surface area contributed by atoms with Crippen LogP contribution in [0.4, 0.5) is 5.69 Å². The normalized spacial score (nSPS) is 10.5. The first-order valence-electron chi connectivity index (χ1n) is 7.62. The van der Waals surface area contributed by atoms with Gasteiger partial charge >= 0.3 is 0 Å². The first-order valence-corrected chi connectivity index (χ1v) is 8.44. The molecule has 1 aromatic heterocycles. The van der Waals surface area contributed by atoms with Gasteiger partial charge in [0.15, 0.2) is 0 Å². The highest BCUT2D eigenvalue weighted by Crippen LogP contribution is 2.21. The molecule has 122 valence electrons. The third kappa shape index (κ3) is 3.97. The number of rotatable bonds is 5. The molecule has 0 bridgehead atoms. The maximum absolute atomic E-state index is 12.1. The largest absolute Gasteiger partial charge is 0.352 e. The predicted octanol–water partition coefficient (Wildman–Crippen LogP) is 3.23. The van der Waals surface area contributed by atoms with E-state index in [-0.39, 0.29) is 11.8 Å². The van der Waals surface area contributed by atoms with Crippen LogP contribution in [-0.4, -0.2) is 23.3 Å². The van der Waals surface area contributed by atoms with Crippen molar-refractivity contribution < 1.29 is 9.59 Å². The van der Waals surface area contributed by atoms with Crippen molar-refractivity contribution in [2.24, 2.45) is 0 Å². The van der Waals surface area contributed by atoms with E-state index in [0.29, 0.717) is 24.2 Å². The zero-order valence-corrected chi connectivity index (χ0v) is 14.0. The molecule has 2 amide bonds. The topological polar surface area (TPSA) is 71.1 Å². The van der Waals surface area contributed by atoms with E-state index in [1.807, 2.05) is 24.3 Å². The van der Waals surface area contributed by atoms with Gasteiger partial charge in [-0.2, -0.15) is 0 Å². The van der Waals surface area contributed by atoms with E-state index in [2.05, 4.69) is 15.6 Å². The van der Waals surface area contributed by atoms with Gasteiger partial charge in [0.05, 0.1) is 15.2 Å². The highest BCUT2D eigenvalue weighted by Gasteiger charge is 2.07. The smallest absolute Gasteiger partial charge is 0.251 e. The lowest BCUT2D eigenvalue weighted by molar-refractivity contribution is -0.114. The predicted molar refractivity (Wildman–Crippen MR) is 96.4 cm³/mol. The van der Waals surface area contributed by atoms with Crippen LogP contribution in [0.25, 0.3) is 10.2 Å². The van der Waals surface area contributed by atoms with Crippen molar-refractivity contribution in [3.8, 4) is 0 Å². The average Bonchev–Trinajstić information content (AvgIpc) is 2.97. The highest BCUT2D eigenvalue weighted by molar-refractivity contribution is 7.18. The number of benzene rings is 2. The Morgan fingerprint density at radius 3 is 2.54 bits per heavy atom. The molecule has 0 aliphatic heterocycles. The Bertz CT molecular complexity index is 838. The van der Waals surface area contributed by atoms with Gasteiger partial charge < -0.3 is 10.6 Å². The Labute approximate surface area is 143 Å². The second kappa shape index (κ2) is 7.23. The van der Waals surface area contributed by atoms with Crippen LogP contribution < -0.4 is 10.6 Å². The third-order valence-electron chi connectivity index (χ3n) is 3.43. The molecule has 0 saturated carbocycles. The van der Waals surface area contributed by atoms with E-state index in [9.17, 15) is 9.59 Å². The molecule has 0 unspecified atom stereocenters. The quantitative estimate of drug-likeness (QED) is 0.750. The Balaban J connectivity index is 1.54. The Hall–Kier alpha value is -2.73. The summed E-state index contributed by atoms with van der Waals surface area (Å²) in [4.78, 5) is 27.7.